The molecule has 52 heavy (non-hydrogen) atoms. The van der Waals surface area contributed by atoms with E-state index in [1.165, 1.54) is 29.9 Å². The number of tetrazole rings is 1. The van der Waals surface area contributed by atoms with Crippen LogP contribution in [-0.4, -0.2) is 77.7 Å². The van der Waals surface area contributed by atoms with Crippen molar-refractivity contribution in [1.82, 2.24) is 35.5 Å². The maximum Gasteiger partial charge on any atom is 0.328 e. The molecule has 2 aromatic carbocycles. The minimum Gasteiger partial charge on any atom is -0.467 e. The van der Waals surface area contributed by atoms with Crippen molar-refractivity contribution >= 4 is 45.2 Å². The largest absolute Gasteiger partial charge is 0.467 e. The molecule has 0 saturated heterocycles. The number of nitrogens with one attached hydrogen (secondary N) is 2. The van der Waals surface area contributed by atoms with E-state index in [0.717, 1.165) is 5.56 Å². The zero-order valence-corrected chi connectivity index (χ0v) is 30.6. The number of hydrogen-bond acceptors (Lipinski definition) is 12. The molecule has 4 aromatic rings. The summed E-state index contributed by atoms with van der Waals surface area (Å²) in [6.45, 7) is 8.63. The first-order valence-electron chi connectivity index (χ1n) is 16.3. The number of ether oxygens (including phenoxy) is 2. The fourth-order valence-electron chi connectivity index (χ4n) is 5.18. The van der Waals surface area contributed by atoms with Gasteiger partial charge in [-0.05, 0) is 101 Å². The number of carbonyl (C=O) groups is 3. The van der Waals surface area contributed by atoms with E-state index < -0.39 is 45.9 Å². The number of H-pyrrole nitrogens is 1. The second-order valence-corrected chi connectivity index (χ2v) is 14.5. The topological polar surface area (TPSA) is 191 Å². The first kappa shape index (κ1) is 39.3. The number of halogens is 1. The first-order chi connectivity index (χ1) is 24.6. The third-order valence-electron chi connectivity index (χ3n) is 8.14. The van der Waals surface area contributed by atoms with Gasteiger partial charge < -0.3 is 19.7 Å². The highest BCUT2D eigenvalue weighted by Gasteiger charge is 2.25. The van der Waals surface area contributed by atoms with Crippen molar-refractivity contribution in [1.29, 1.82) is 0 Å². The highest BCUT2D eigenvalue weighted by Crippen LogP contribution is 2.24. The molecule has 2 aromatic heterocycles. The molecule has 0 radical (unpaired) electrons. The SMILES string of the molecule is C#CCN(Cc1cc2c(=O)n(COC(=O)C(C)(C)C)c(C)nc2cc1C)c1ccc(C(=O)NC(CCCCS(=O)c2nn[nH]n2)C(=O)OC)c(F)c1. The lowest BCUT2D eigenvalue weighted by Crippen LogP contribution is -2.41. The number of methoxy groups -OCH3 is 1. The second-order valence-electron chi connectivity index (χ2n) is 13.0. The minimum atomic E-state index is -1.48. The minimum absolute atomic E-state index is 0.0688. The van der Waals surface area contributed by atoms with Crippen LogP contribution in [0.15, 0.2) is 40.3 Å². The Morgan fingerprint density at radius 3 is 2.56 bits per heavy atom. The molecule has 2 atom stereocenters. The lowest BCUT2D eigenvalue weighted by atomic mass is 9.98. The fourth-order valence-corrected chi connectivity index (χ4v) is 6.10. The third-order valence-corrected chi connectivity index (χ3v) is 9.38. The third kappa shape index (κ3) is 9.63. The van der Waals surface area contributed by atoms with Gasteiger partial charge in [0.05, 0.1) is 46.3 Å². The number of aromatic nitrogens is 6. The Morgan fingerprint density at radius 2 is 1.92 bits per heavy atom. The average molecular weight is 737 g/mol. The van der Waals surface area contributed by atoms with E-state index in [-0.39, 0.29) is 48.3 Å². The van der Waals surface area contributed by atoms with Gasteiger partial charge in [-0.25, -0.2) is 14.2 Å². The van der Waals surface area contributed by atoms with Gasteiger partial charge in [0.1, 0.15) is 17.7 Å². The maximum absolute atomic E-state index is 15.5. The van der Waals surface area contributed by atoms with Crippen molar-refractivity contribution in [3.63, 3.8) is 0 Å². The number of terminal acetylenes is 1. The van der Waals surface area contributed by atoms with E-state index in [2.05, 4.69) is 36.8 Å². The number of anilines is 1. The molecular weight excluding hydrogens is 695 g/mol. The predicted molar refractivity (Wildman–Crippen MR) is 190 cm³/mol. The molecule has 2 heterocycles. The highest BCUT2D eigenvalue weighted by atomic mass is 32.2. The number of hydrogen-bond donors (Lipinski definition) is 2. The van der Waals surface area contributed by atoms with Gasteiger partial charge in [-0.15, -0.1) is 11.5 Å². The molecule has 0 spiro atoms. The maximum atomic E-state index is 15.5. The predicted octanol–water partition coefficient (Wildman–Crippen LogP) is 3.10. The molecule has 17 heteroatoms. The summed E-state index contributed by atoms with van der Waals surface area (Å²) in [5, 5.41) is 15.9. The van der Waals surface area contributed by atoms with Gasteiger partial charge in [-0.1, -0.05) is 11.0 Å². The van der Waals surface area contributed by atoms with Crippen molar-refractivity contribution in [3.05, 3.63) is 69.0 Å². The smallest absolute Gasteiger partial charge is 0.328 e. The Hall–Kier alpha value is -5.50. The molecule has 0 aliphatic heterocycles. The molecule has 0 bridgehead atoms. The molecule has 0 aliphatic carbocycles. The van der Waals surface area contributed by atoms with Gasteiger partial charge in [0.15, 0.2) is 6.73 Å². The van der Waals surface area contributed by atoms with Gasteiger partial charge in [-0.2, -0.15) is 5.21 Å². The summed E-state index contributed by atoms with van der Waals surface area (Å²) < 4.78 is 39.2. The zero-order valence-electron chi connectivity index (χ0n) is 29.8. The number of benzene rings is 2. The van der Waals surface area contributed by atoms with Crippen LogP contribution in [0.5, 0.6) is 0 Å². The normalized spacial score (nSPS) is 12.5. The summed E-state index contributed by atoms with van der Waals surface area (Å²) in [7, 11) is -0.300. The molecule has 0 fully saturated rings. The Kier molecular flexibility index (Phi) is 13.0. The van der Waals surface area contributed by atoms with E-state index >= 15 is 4.39 Å². The van der Waals surface area contributed by atoms with Gasteiger partial charge in [0.2, 0.25) is 0 Å². The van der Waals surface area contributed by atoms with Gasteiger partial charge in [-0.3, -0.25) is 23.2 Å². The molecule has 0 saturated carbocycles. The van der Waals surface area contributed by atoms with Crippen LogP contribution in [0, 0.1) is 37.4 Å². The molecule has 1 amide bonds. The van der Waals surface area contributed by atoms with Crippen LogP contribution < -0.4 is 15.8 Å². The van der Waals surface area contributed by atoms with Crippen molar-refractivity contribution < 1.29 is 32.5 Å². The van der Waals surface area contributed by atoms with Crippen molar-refractivity contribution in [2.45, 2.75) is 78.4 Å². The van der Waals surface area contributed by atoms with E-state index in [4.69, 9.17) is 15.9 Å². The number of carbonyl (C=O) groups excluding carboxylic acids is 3. The van der Waals surface area contributed by atoms with Crippen LogP contribution in [-0.2, 0) is 43.1 Å². The number of rotatable bonds is 15. The molecular formula is C35H41FN8O7S. The molecule has 4 rings (SSSR count). The van der Waals surface area contributed by atoms with Crippen LogP contribution in [0.1, 0.15) is 67.3 Å². The quantitative estimate of drug-likeness (QED) is 0.103. The molecule has 15 nitrogen and oxygen atoms in total. The van der Waals surface area contributed by atoms with Crippen LogP contribution in [0.3, 0.4) is 0 Å². The molecule has 276 valence electrons. The summed E-state index contributed by atoms with van der Waals surface area (Å²) >= 11 is 0. The number of nitrogens with zero attached hydrogens (tertiary/aromatic N) is 6. The zero-order chi connectivity index (χ0) is 38.2. The Bertz CT molecular complexity index is 2070. The van der Waals surface area contributed by atoms with E-state index in [0.29, 0.717) is 40.8 Å². The van der Waals surface area contributed by atoms with Crippen molar-refractivity contribution in [2.75, 3.05) is 24.3 Å². The van der Waals surface area contributed by atoms with Crippen LogP contribution >= 0.6 is 0 Å². The highest BCUT2D eigenvalue weighted by molar-refractivity contribution is 7.84. The summed E-state index contributed by atoms with van der Waals surface area (Å²) in [6, 6.07) is 6.40. The summed E-state index contributed by atoms with van der Waals surface area (Å²) in [4.78, 5) is 57.7. The Morgan fingerprint density at radius 1 is 1.17 bits per heavy atom. The van der Waals surface area contributed by atoms with E-state index in [1.807, 2.05) is 6.92 Å². The van der Waals surface area contributed by atoms with Crippen LogP contribution in [0.25, 0.3) is 10.9 Å². The number of amides is 1. The average Bonchev–Trinajstić information content (AvgIpc) is 3.64. The van der Waals surface area contributed by atoms with Gasteiger partial charge in [0.25, 0.3) is 16.6 Å². The number of esters is 2. The lowest BCUT2D eigenvalue weighted by molar-refractivity contribution is -0.157. The molecule has 2 unspecified atom stereocenters. The molecule has 0 aliphatic rings. The van der Waals surface area contributed by atoms with E-state index in [9.17, 15) is 23.4 Å². The van der Waals surface area contributed by atoms with Crippen molar-refractivity contribution in [3.8, 4) is 12.3 Å². The first-order valence-corrected chi connectivity index (χ1v) is 17.6. The number of aromatic amines is 1. The second kappa shape index (κ2) is 17.1. The molecule has 2 N–H and O–H groups in total. The van der Waals surface area contributed by atoms with Crippen molar-refractivity contribution in [2.24, 2.45) is 5.41 Å². The van der Waals surface area contributed by atoms with Gasteiger partial charge in [0, 0.05) is 18.0 Å². The number of unbranched alkanes of at least 4 members (excludes halogenated alkanes) is 1. The number of fused-ring (bicyclic) bond motifs is 1. The standard InChI is InChI=1S/C35H41FN8O7S/c1-8-14-43(19-23-17-26-29(16-21(23)2)37-22(3)44(31(26)46)20-51-33(48)35(4,5)6)24-12-13-25(27(36)18-24)30(45)38-28(32(47)50-7)11-9-10-15-52(49)34-39-41-42-40-34/h1,12-13,16-18,28H,9-11,14-15,19-20H2,2-7H3,(H,38,45)(H,39,40,41,42). The Labute approximate surface area is 302 Å². The van der Waals surface area contributed by atoms with Crippen LogP contribution in [0.4, 0.5) is 10.1 Å². The van der Waals surface area contributed by atoms with E-state index in [1.54, 1.807) is 44.7 Å². The Balaban J connectivity index is 1.50. The fraction of sp³-hybridized carbons (Fsp3) is 0.429. The summed E-state index contributed by atoms with van der Waals surface area (Å²) in [6.07, 6.45) is 6.66. The summed E-state index contributed by atoms with van der Waals surface area (Å²) in [5.74, 6) is 0.322. The summed E-state index contributed by atoms with van der Waals surface area (Å²) in [5.41, 5.74) is 0.932. The van der Waals surface area contributed by atoms with Crippen LogP contribution in [0.2, 0.25) is 0 Å². The monoisotopic (exact) mass is 736 g/mol. The lowest BCUT2D eigenvalue weighted by Gasteiger charge is -2.24. The number of aryl methyl sites for hydroxylation is 2. The van der Waals surface area contributed by atoms with Gasteiger partial charge >= 0.3 is 11.9 Å².